The monoisotopic (exact) mass is 354 g/mol. The summed E-state index contributed by atoms with van der Waals surface area (Å²) in [5, 5.41) is 28.3. The topological polar surface area (TPSA) is 104 Å². The van der Waals surface area contributed by atoms with Gasteiger partial charge in [0.2, 0.25) is 0 Å². The van der Waals surface area contributed by atoms with Gasteiger partial charge in [-0.15, -0.1) is 0 Å². The Morgan fingerprint density at radius 2 is 1.46 bits per heavy atom. The first-order valence-corrected chi connectivity index (χ1v) is 7.69. The van der Waals surface area contributed by atoms with Gasteiger partial charge in [-0.05, 0) is 47.5 Å². The lowest BCUT2D eigenvalue weighted by Crippen LogP contribution is -2.01. The molecule has 0 radical (unpaired) electrons. The Morgan fingerprint density at radius 1 is 0.885 bits per heavy atom. The molecule has 0 saturated heterocycles. The molecule has 134 valence electrons. The van der Waals surface area contributed by atoms with E-state index in [1.165, 1.54) is 55.7 Å². The van der Waals surface area contributed by atoms with Crippen molar-refractivity contribution in [1.82, 2.24) is 0 Å². The first kappa shape index (κ1) is 18.8. The number of phenols is 3. The minimum Gasteiger partial charge on any atom is -0.508 e. The molecular weight excluding hydrogens is 336 g/mol. The van der Waals surface area contributed by atoms with Crippen LogP contribution in [0.15, 0.2) is 48.6 Å². The van der Waals surface area contributed by atoms with Crippen LogP contribution in [0.25, 0.3) is 12.2 Å². The zero-order chi connectivity index (χ0) is 19.1. The molecule has 2 aromatic rings. The predicted octanol–water partition coefficient (Wildman–Crippen LogP) is 3.07. The van der Waals surface area contributed by atoms with E-state index < -0.39 is 5.78 Å². The number of ketones is 2. The van der Waals surface area contributed by atoms with Crippen LogP contribution in [0.2, 0.25) is 0 Å². The van der Waals surface area contributed by atoms with Gasteiger partial charge in [-0.1, -0.05) is 18.2 Å². The third kappa shape index (κ3) is 5.52. The number of carbonyl (C=O) groups excluding carboxylic acids is 2. The highest BCUT2D eigenvalue weighted by molar-refractivity contribution is 6.10. The Hall–Kier alpha value is -3.54. The van der Waals surface area contributed by atoms with Crippen molar-refractivity contribution in [3.8, 4) is 23.0 Å². The highest BCUT2D eigenvalue weighted by Crippen LogP contribution is 2.26. The molecule has 0 fully saturated rings. The van der Waals surface area contributed by atoms with Crippen LogP contribution < -0.4 is 4.74 Å². The number of benzene rings is 2. The molecule has 0 heterocycles. The van der Waals surface area contributed by atoms with Crippen LogP contribution in [0.1, 0.15) is 17.5 Å². The molecule has 6 nitrogen and oxygen atoms in total. The highest BCUT2D eigenvalue weighted by atomic mass is 16.5. The summed E-state index contributed by atoms with van der Waals surface area (Å²) in [6.45, 7) is 0. The fourth-order valence-corrected chi connectivity index (χ4v) is 2.18. The summed E-state index contributed by atoms with van der Waals surface area (Å²) in [7, 11) is 1.42. The van der Waals surface area contributed by atoms with Crippen LogP contribution in [0, 0.1) is 0 Å². The Labute approximate surface area is 150 Å². The molecule has 6 heteroatoms. The Balaban J connectivity index is 1.96. The van der Waals surface area contributed by atoms with E-state index >= 15 is 0 Å². The van der Waals surface area contributed by atoms with E-state index in [4.69, 9.17) is 4.74 Å². The number of methoxy groups -OCH3 is 1. The van der Waals surface area contributed by atoms with E-state index in [1.54, 1.807) is 12.1 Å². The van der Waals surface area contributed by atoms with Gasteiger partial charge in [0.1, 0.15) is 11.5 Å². The first-order chi connectivity index (χ1) is 12.4. The minimum atomic E-state index is -0.411. The molecule has 0 spiro atoms. The fraction of sp³-hybridized carbons (Fsp3) is 0.100. The number of carbonyl (C=O) groups is 2. The van der Waals surface area contributed by atoms with Crippen molar-refractivity contribution in [2.24, 2.45) is 0 Å². The molecule has 0 aromatic heterocycles. The summed E-state index contributed by atoms with van der Waals surface area (Å²) in [4.78, 5) is 23.7. The van der Waals surface area contributed by atoms with Gasteiger partial charge in [0, 0.05) is 6.07 Å². The molecule has 2 rings (SSSR count). The zero-order valence-corrected chi connectivity index (χ0v) is 14.0. The summed E-state index contributed by atoms with van der Waals surface area (Å²) in [5.74, 6) is -0.765. The standard InChI is InChI=1S/C20H18O6/c1-26-20-10-13(4-7-19(20)25)2-5-15(21)11-16(22)6-3-14-8-17(23)12-18(24)9-14/h2-10,12,23-25H,11H2,1H3. The maximum atomic E-state index is 11.9. The van der Waals surface area contributed by atoms with Crippen molar-refractivity contribution in [1.29, 1.82) is 0 Å². The van der Waals surface area contributed by atoms with E-state index in [-0.39, 0.29) is 35.2 Å². The van der Waals surface area contributed by atoms with Crippen molar-refractivity contribution in [2.45, 2.75) is 6.42 Å². The molecule has 0 aliphatic rings. The normalized spacial score (nSPS) is 11.1. The van der Waals surface area contributed by atoms with Crippen molar-refractivity contribution < 1.29 is 29.6 Å². The van der Waals surface area contributed by atoms with Crippen molar-refractivity contribution in [3.63, 3.8) is 0 Å². The molecule has 3 N–H and O–H groups in total. The summed E-state index contributed by atoms with van der Waals surface area (Å²) in [6, 6.07) is 8.55. The number of aromatic hydroxyl groups is 3. The van der Waals surface area contributed by atoms with Gasteiger partial charge in [0.05, 0.1) is 13.5 Å². The van der Waals surface area contributed by atoms with E-state index in [1.807, 2.05) is 0 Å². The summed E-state index contributed by atoms with van der Waals surface area (Å²) >= 11 is 0. The van der Waals surface area contributed by atoms with E-state index in [9.17, 15) is 24.9 Å². The number of phenolic OH excluding ortho intramolecular Hbond substituents is 3. The lowest BCUT2D eigenvalue weighted by Gasteiger charge is -2.03. The average molecular weight is 354 g/mol. The van der Waals surface area contributed by atoms with Gasteiger partial charge in [-0.2, -0.15) is 0 Å². The maximum Gasteiger partial charge on any atom is 0.163 e. The number of allylic oxidation sites excluding steroid dienone is 2. The molecule has 26 heavy (non-hydrogen) atoms. The molecule has 0 aliphatic heterocycles. The Morgan fingerprint density at radius 3 is 2.04 bits per heavy atom. The SMILES string of the molecule is COc1cc(C=CC(=O)CC(=O)C=Cc2cc(O)cc(O)c2)ccc1O. The van der Waals surface area contributed by atoms with Crippen LogP contribution in [-0.4, -0.2) is 34.0 Å². The average Bonchev–Trinajstić information content (AvgIpc) is 2.58. The van der Waals surface area contributed by atoms with Crippen molar-refractivity contribution >= 4 is 23.7 Å². The molecule has 0 amide bonds. The van der Waals surface area contributed by atoms with Gasteiger partial charge < -0.3 is 20.1 Å². The van der Waals surface area contributed by atoms with Crippen molar-refractivity contribution in [2.75, 3.05) is 7.11 Å². The number of ether oxygens (including phenoxy) is 1. The van der Waals surface area contributed by atoms with Crippen LogP contribution in [0.3, 0.4) is 0 Å². The summed E-state index contributed by atoms with van der Waals surface area (Å²) in [6.07, 6.45) is 5.10. The quantitative estimate of drug-likeness (QED) is 0.521. The molecule has 0 unspecified atom stereocenters. The van der Waals surface area contributed by atoms with E-state index in [0.29, 0.717) is 11.1 Å². The third-order valence-electron chi connectivity index (χ3n) is 3.40. The second-order valence-electron chi connectivity index (χ2n) is 5.49. The second kappa shape index (κ2) is 8.53. The van der Waals surface area contributed by atoms with E-state index in [0.717, 1.165) is 0 Å². The Bertz CT molecular complexity index is 860. The molecular formula is C20H18O6. The smallest absolute Gasteiger partial charge is 0.163 e. The zero-order valence-electron chi connectivity index (χ0n) is 14.0. The predicted molar refractivity (Wildman–Crippen MR) is 97.1 cm³/mol. The van der Waals surface area contributed by atoms with Gasteiger partial charge in [-0.25, -0.2) is 0 Å². The van der Waals surface area contributed by atoms with Crippen LogP contribution in [-0.2, 0) is 9.59 Å². The summed E-state index contributed by atoms with van der Waals surface area (Å²) < 4.78 is 4.98. The van der Waals surface area contributed by atoms with Crippen LogP contribution in [0.4, 0.5) is 0 Å². The number of hydrogen-bond donors (Lipinski definition) is 3. The minimum absolute atomic E-state index is 0.00530. The maximum absolute atomic E-state index is 11.9. The number of hydrogen-bond acceptors (Lipinski definition) is 6. The third-order valence-corrected chi connectivity index (χ3v) is 3.40. The molecule has 0 aliphatic carbocycles. The first-order valence-electron chi connectivity index (χ1n) is 7.69. The fourth-order valence-electron chi connectivity index (χ4n) is 2.18. The lowest BCUT2D eigenvalue weighted by atomic mass is 10.1. The van der Waals surface area contributed by atoms with E-state index in [2.05, 4.69) is 0 Å². The summed E-state index contributed by atoms with van der Waals surface area (Å²) in [5.41, 5.74) is 1.08. The second-order valence-corrected chi connectivity index (χ2v) is 5.49. The molecule has 2 aromatic carbocycles. The molecule has 0 saturated carbocycles. The van der Waals surface area contributed by atoms with Gasteiger partial charge in [-0.3, -0.25) is 9.59 Å². The van der Waals surface area contributed by atoms with Gasteiger partial charge in [0.25, 0.3) is 0 Å². The largest absolute Gasteiger partial charge is 0.508 e. The lowest BCUT2D eigenvalue weighted by molar-refractivity contribution is -0.121. The molecule has 0 atom stereocenters. The number of rotatable bonds is 7. The van der Waals surface area contributed by atoms with Crippen LogP contribution in [0.5, 0.6) is 23.0 Å². The molecule has 0 bridgehead atoms. The van der Waals surface area contributed by atoms with Crippen LogP contribution >= 0.6 is 0 Å². The van der Waals surface area contributed by atoms with Crippen molar-refractivity contribution in [3.05, 3.63) is 59.7 Å². The van der Waals surface area contributed by atoms with Gasteiger partial charge in [0.15, 0.2) is 23.1 Å². The Kier molecular flexibility index (Phi) is 6.16. The van der Waals surface area contributed by atoms with Gasteiger partial charge >= 0.3 is 0 Å². The highest BCUT2D eigenvalue weighted by Gasteiger charge is 2.05.